The smallest absolute Gasteiger partial charge is 0.339 e. The highest BCUT2D eigenvalue weighted by Crippen LogP contribution is 2.18. The quantitative estimate of drug-likeness (QED) is 0.848. The SMILES string of the molecule is CC(=O)c1ccc(OCc2cc(C(=O)O)c(C)o2)cc1. The second-order valence-corrected chi connectivity index (χ2v) is 4.36. The number of carbonyl (C=O) groups is 2. The van der Waals surface area contributed by atoms with Crippen molar-refractivity contribution in [1.29, 1.82) is 0 Å². The van der Waals surface area contributed by atoms with Crippen LogP contribution in [-0.2, 0) is 6.61 Å². The van der Waals surface area contributed by atoms with Crippen LogP contribution in [-0.4, -0.2) is 16.9 Å². The summed E-state index contributed by atoms with van der Waals surface area (Å²) in [6.07, 6.45) is 0. The number of ketones is 1. The molecule has 104 valence electrons. The average Bonchev–Trinajstić information content (AvgIpc) is 2.78. The van der Waals surface area contributed by atoms with Gasteiger partial charge >= 0.3 is 5.97 Å². The molecule has 1 aromatic carbocycles. The number of furan rings is 1. The Morgan fingerprint density at radius 2 is 1.90 bits per heavy atom. The lowest BCUT2D eigenvalue weighted by Gasteiger charge is -2.04. The van der Waals surface area contributed by atoms with Crippen molar-refractivity contribution in [2.24, 2.45) is 0 Å². The number of ether oxygens (including phenoxy) is 1. The topological polar surface area (TPSA) is 76.7 Å². The molecule has 0 aliphatic carbocycles. The third-order valence-electron chi connectivity index (χ3n) is 2.84. The van der Waals surface area contributed by atoms with Crippen LogP contribution in [0.2, 0.25) is 0 Å². The Labute approximate surface area is 115 Å². The molecule has 0 atom stereocenters. The number of benzene rings is 1. The van der Waals surface area contributed by atoms with E-state index in [9.17, 15) is 9.59 Å². The molecule has 2 rings (SSSR count). The number of hydrogen-bond donors (Lipinski definition) is 1. The summed E-state index contributed by atoms with van der Waals surface area (Å²) in [6, 6.07) is 8.17. The number of rotatable bonds is 5. The summed E-state index contributed by atoms with van der Waals surface area (Å²) in [5, 5.41) is 8.91. The van der Waals surface area contributed by atoms with E-state index in [0.717, 1.165) is 0 Å². The van der Waals surface area contributed by atoms with Crippen LogP contribution in [0.4, 0.5) is 0 Å². The summed E-state index contributed by atoms with van der Waals surface area (Å²) < 4.78 is 10.8. The Kier molecular flexibility index (Phi) is 3.89. The minimum absolute atomic E-state index is 0.00990. The molecule has 0 aliphatic heterocycles. The van der Waals surface area contributed by atoms with Crippen molar-refractivity contribution >= 4 is 11.8 Å². The van der Waals surface area contributed by atoms with Crippen LogP contribution in [0.25, 0.3) is 0 Å². The first kappa shape index (κ1) is 13.9. The van der Waals surface area contributed by atoms with Gasteiger partial charge in [0.2, 0.25) is 0 Å². The van der Waals surface area contributed by atoms with Gasteiger partial charge in [-0.3, -0.25) is 4.79 Å². The number of hydrogen-bond acceptors (Lipinski definition) is 4. The van der Waals surface area contributed by atoms with Gasteiger partial charge in [-0.2, -0.15) is 0 Å². The average molecular weight is 274 g/mol. The summed E-state index contributed by atoms with van der Waals surface area (Å²) in [7, 11) is 0. The molecule has 2 aromatic rings. The van der Waals surface area contributed by atoms with E-state index in [0.29, 0.717) is 22.8 Å². The van der Waals surface area contributed by atoms with Crippen LogP contribution in [0.5, 0.6) is 5.75 Å². The molecule has 0 aliphatic rings. The minimum Gasteiger partial charge on any atom is -0.486 e. The Morgan fingerprint density at radius 3 is 2.40 bits per heavy atom. The molecule has 5 heteroatoms. The normalized spacial score (nSPS) is 10.3. The summed E-state index contributed by atoms with van der Waals surface area (Å²) in [4.78, 5) is 22.0. The van der Waals surface area contributed by atoms with Crippen molar-refractivity contribution in [3.8, 4) is 5.75 Å². The fourth-order valence-electron chi connectivity index (χ4n) is 1.77. The van der Waals surface area contributed by atoms with Crippen LogP contribution in [0, 0.1) is 6.92 Å². The van der Waals surface area contributed by atoms with E-state index in [2.05, 4.69) is 0 Å². The zero-order valence-corrected chi connectivity index (χ0v) is 11.2. The van der Waals surface area contributed by atoms with E-state index in [4.69, 9.17) is 14.3 Å². The number of carboxylic acid groups (broad SMARTS) is 1. The molecule has 0 radical (unpaired) electrons. The van der Waals surface area contributed by atoms with Gasteiger partial charge in [0.25, 0.3) is 0 Å². The molecule has 0 fully saturated rings. The predicted octanol–water partition coefficient (Wildman–Crippen LogP) is 3.07. The van der Waals surface area contributed by atoms with Gasteiger partial charge in [0.05, 0.1) is 0 Å². The van der Waals surface area contributed by atoms with Crippen molar-refractivity contribution in [2.45, 2.75) is 20.5 Å². The zero-order valence-electron chi connectivity index (χ0n) is 11.2. The minimum atomic E-state index is -1.02. The summed E-state index contributed by atoms with van der Waals surface area (Å²) in [6.45, 7) is 3.22. The van der Waals surface area contributed by atoms with Gasteiger partial charge in [-0.15, -0.1) is 0 Å². The molecule has 1 N–H and O–H groups in total. The number of aromatic carboxylic acids is 1. The molecular formula is C15H14O5. The number of aryl methyl sites for hydroxylation is 1. The van der Waals surface area contributed by atoms with Crippen molar-refractivity contribution in [2.75, 3.05) is 0 Å². The van der Waals surface area contributed by atoms with Crippen molar-refractivity contribution in [1.82, 2.24) is 0 Å². The molecule has 5 nitrogen and oxygen atoms in total. The Hall–Kier alpha value is -2.56. The first-order valence-corrected chi connectivity index (χ1v) is 6.04. The van der Waals surface area contributed by atoms with E-state index in [1.165, 1.54) is 13.0 Å². The van der Waals surface area contributed by atoms with Crippen LogP contribution in [0.3, 0.4) is 0 Å². The van der Waals surface area contributed by atoms with Gasteiger partial charge < -0.3 is 14.3 Å². The van der Waals surface area contributed by atoms with Crippen molar-refractivity contribution < 1.29 is 23.8 Å². The maximum Gasteiger partial charge on any atom is 0.339 e. The van der Waals surface area contributed by atoms with Crippen LogP contribution in [0.15, 0.2) is 34.7 Å². The first-order chi connectivity index (χ1) is 9.47. The van der Waals surface area contributed by atoms with E-state index < -0.39 is 5.97 Å². The maximum absolute atomic E-state index is 11.1. The van der Waals surface area contributed by atoms with Gasteiger partial charge in [-0.05, 0) is 44.2 Å². The van der Waals surface area contributed by atoms with Gasteiger partial charge in [0.1, 0.15) is 29.4 Å². The van der Waals surface area contributed by atoms with Crippen molar-refractivity contribution in [3.05, 3.63) is 53.0 Å². The molecule has 0 saturated heterocycles. The van der Waals surface area contributed by atoms with E-state index >= 15 is 0 Å². The molecule has 20 heavy (non-hydrogen) atoms. The molecule has 0 spiro atoms. The summed E-state index contributed by atoms with van der Waals surface area (Å²) in [5.41, 5.74) is 0.745. The zero-order chi connectivity index (χ0) is 14.7. The van der Waals surface area contributed by atoms with Crippen LogP contribution >= 0.6 is 0 Å². The highest BCUT2D eigenvalue weighted by molar-refractivity contribution is 5.94. The molecule has 0 unspecified atom stereocenters. The summed E-state index contributed by atoms with van der Waals surface area (Å²) >= 11 is 0. The summed E-state index contributed by atoms with van der Waals surface area (Å²) in [5.74, 6) is 0.340. The second kappa shape index (κ2) is 5.61. The second-order valence-electron chi connectivity index (χ2n) is 4.36. The molecule has 0 saturated carbocycles. The Bertz CT molecular complexity index is 637. The third kappa shape index (κ3) is 3.06. The van der Waals surface area contributed by atoms with Gasteiger partial charge in [0.15, 0.2) is 5.78 Å². The highest BCUT2D eigenvalue weighted by atomic mass is 16.5. The van der Waals surface area contributed by atoms with Gasteiger partial charge in [-0.1, -0.05) is 0 Å². The maximum atomic E-state index is 11.1. The van der Waals surface area contributed by atoms with Gasteiger partial charge in [0, 0.05) is 5.56 Å². The highest BCUT2D eigenvalue weighted by Gasteiger charge is 2.13. The van der Waals surface area contributed by atoms with E-state index in [-0.39, 0.29) is 18.0 Å². The molecule has 0 bridgehead atoms. The van der Waals surface area contributed by atoms with Crippen LogP contribution < -0.4 is 4.74 Å². The van der Waals surface area contributed by atoms with Crippen molar-refractivity contribution in [3.63, 3.8) is 0 Å². The van der Waals surface area contributed by atoms with Crippen LogP contribution in [0.1, 0.15) is 39.2 Å². The number of Topliss-reactive ketones (excluding diaryl/α,β-unsaturated/α-hetero) is 1. The molecular weight excluding hydrogens is 260 g/mol. The molecule has 1 heterocycles. The third-order valence-corrected chi connectivity index (χ3v) is 2.84. The fourth-order valence-corrected chi connectivity index (χ4v) is 1.77. The lowest BCUT2D eigenvalue weighted by Crippen LogP contribution is -1.96. The largest absolute Gasteiger partial charge is 0.486 e. The van der Waals surface area contributed by atoms with Gasteiger partial charge in [-0.25, -0.2) is 4.79 Å². The van der Waals surface area contributed by atoms with E-state index in [1.807, 2.05) is 0 Å². The first-order valence-electron chi connectivity index (χ1n) is 6.04. The van der Waals surface area contributed by atoms with E-state index in [1.54, 1.807) is 31.2 Å². The Balaban J connectivity index is 2.03. The standard InChI is InChI=1S/C15H14O5/c1-9(16)11-3-5-12(6-4-11)19-8-13-7-14(15(17)18)10(2)20-13/h3-7H,8H2,1-2H3,(H,17,18). The molecule has 1 aromatic heterocycles. The lowest BCUT2D eigenvalue weighted by molar-refractivity contribution is 0.0694. The lowest BCUT2D eigenvalue weighted by atomic mass is 10.1. The fraction of sp³-hybridized carbons (Fsp3) is 0.200. The number of carboxylic acids is 1. The molecule has 0 amide bonds. The Morgan fingerprint density at radius 1 is 1.25 bits per heavy atom. The predicted molar refractivity (Wildman–Crippen MR) is 71.2 cm³/mol. The number of carbonyl (C=O) groups excluding carboxylic acids is 1. The monoisotopic (exact) mass is 274 g/mol.